The molecular formula is C15H23NS. The zero-order valence-corrected chi connectivity index (χ0v) is 11.5. The molecule has 4 atom stereocenters. The van der Waals surface area contributed by atoms with E-state index in [1.54, 1.807) is 0 Å². The van der Waals surface area contributed by atoms with Gasteiger partial charge in [-0.3, -0.25) is 0 Å². The molecule has 2 fully saturated rings. The Morgan fingerprint density at radius 2 is 2.35 bits per heavy atom. The van der Waals surface area contributed by atoms with Gasteiger partial charge in [0.2, 0.25) is 0 Å². The molecule has 2 aliphatic carbocycles. The summed E-state index contributed by atoms with van der Waals surface area (Å²) in [5.74, 6) is 3.08. The van der Waals surface area contributed by atoms with Gasteiger partial charge in [0.15, 0.2) is 0 Å². The highest BCUT2D eigenvalue weighted by Gasteiger charge is 2.42. The van der Waals surface area contributed by atoms with Crippen LogP contribution in [0.4, 0.5) is 0 Å². The Morgan fingerprint density at radius 3 is 2.94 bits per heavy atom. The number of thiophene rings is 1. The molecule has 2 heteroatoms. The van der Waals surface area contributed by atoms with Crippen molar-refractivity contribution in [2.75, 3.05) is 7.05 Å². The van der Waals surface area contributed by atoms with Crippen LogP contribution < -0.4 is 5.32 Å². The number of fused-ring (bicyclic) bond motifs is 2. The minimum absolute atomic E-state index is 0.755. The molecule has 3 rings (SSSR count). The second kappa shape index (κ2) is 5.11. The molecule has 2 saturated carbocycles. The molecule has 1 aromatic rings. The monoisotopic (exact) mass is 249 g/mol. The van der Waals surface area contributed by atoms with E-state index in [1.165, 1.54) is 44.1 Å². The lowest BCUT2D eigenvalue weighted by molar-refractivity contribution is 0.247. The third kappa shape index (κ3) is 2.43. The molecule has 94 valence electrons. The summed E-state index contributed by atoms with van der Waals surface area (Å²) in [6.45, 7) is 0. The summed E-state index contributed by atoms with van der Waals surface area (Å²) in [4.78, 5) is 0. The van der Waals surface area contributed by atoms with Crippen molar-refractivity contribution in [3.8, 4) is 0 Å². The zero-order chi connectivity index (χ0) is 11.7. The molecule has 2 aliphatic rings. The lowest BCUT2D eigenvalue weighted by Gasteiger charge is -2.30. The van der Waals surface area contributed by atoms with E-state index in [-0.39, 0.29) is 0 Å². The van der Waals surface area contributed by atoms with Crippen LogP contribution in [0, 0.1) is 17.8 Å². The van der Waals surface area contributed by atoms with Gasteiger partial charge in [-0.2, -0.15) is 11.3 Å². The summed E-state index contributed by atoms with van der Waals surface area (Å²) in [6.07, 6.45) is 8.62. The molecule has 4 unspecified atom stereocenters. The number of rotatable bonds is 5. The smallest absolute Gasteiger partial charge is 0.00982 e. The molecule has 1 aromatic heterocycles. The van der Waals surface area contributed by atoms with E-state index < -0.39 is 0 Å². The molecule has 1 nitrogen and oxygen atoms in total. The summed E-state index contributed by atoms with van der Waals surface area (Å²) < 4.78 is 0. The standard InChI is InChI=1S/C15H23NS/c1-16-15(5-3-11-6-7-17-10-11)14-9-12-2-4-13(14)8-12/h6-7,10,12-16H,2-5,8-9H2,1H3. The maximum absolute atomic E-state index is 3.59. The second-order valence-corrected chi connectivity index (χ2v) is 6.68. The van der Waals surface area contributed by atoms with Crippen molar-refractivity contribution in [1.82, 2.24) is 5.32 Å². The first-order chi connectivity index (χ1) is 8.36. The molecule has 0 amide bonds. The van der Waals surface area contributed by atoms with Gasteiger partial charge in [0.25, 0.3) is 0 Å². The Hall–Kier alpha value is -0.340. The summed E-state index contributed by atoms with van der Waals surface area (Å²) in [7, 11) is 2.16. The first-order valence-electron chi connectivity index (χ1n) is 7.05. The maximum atomic E-state index is 3.59. The normalized spacial score (nSPS) is 33.1. The van der Waals surface area contributed by atoms with Crippen LogP contribution in [0.2, 0.25) is 0 Å². The van der Waals surface area contributed by atoms with E-state index in [0.717, 1.165) is 23.8 Å². The molecular weight excluding hydrogens is 226 g/mol. The molecule has 0 radical (unpaired) electrons. The van der Waals surface area contributed by atoms with Crippen LogP contribution in [0.15, 0.2) is 16.8 Å². The predicted molar refractivity (Wildman–Crippen MR) is 74.4 cm³/mol. The van der Waals surface area contributed by atoms with Crippen LogP contribution in [0.1, 0.15) is 37.7 Å². The first-order valence-corrected chi connectivity index (χ1v) is 7.99. The van der Waals surface area contributed by atoms with Crippen molar-refractivity contribution in [3.05, 3.63) is 22.4 Å². The lowest BCUT2D eigenvalue weighted by atomic mass is 9.81. The average molecular weight is 249 g/mol. The van der Waals surface area contributed by atoms with Gasteiger partial charge < -0.3 is 5.32 Å². The van der Waals surface area contributed by atoms with E-state index in [9.17, 15) is 0 Å². The van der Waals surface area contributed by atoms with Crippen LogP contribution in [-0.2, 0) is 6.42 Å². The van der Waals surface area contributed by atoms with Gasteiger partial charge in [-0.05, 0) is 79.3 Å². The van der Waals surface area contributed by atoms with Crippen molar-refractivity contribution in [2.24, 2.45) is 17.8 Å². The molecule has 0 saturated heterocycles. The fraction of sp³-hybridized carbons (Fsp3) is 0.733. The van der Waals surface area contributed by atoms with Crippen molar-refractivity contribution in [2.45, 2.75) is 44.6 Å². The van der Waals surface area contributed by atoms with E-state index >= 15 is 0 Å². The molecule has 17 heavy (non-hydrogen) atoms. The Balaban J connectivity index is 1.56. The minimum Gasteiger partial charge on any atom is -0.317 e. The number of hydrogen-bond acceptors (Lipinski definition) is 2. The zero-order valence-electron chi connectivity index (χ0n) is 10.7. The van der Waals surface area contributed by atoms with Crippen molar-refractivity contribution < 1.29 is 0 Å². The average Bonchev–Trinajstić information content (AvgIpc) is 3.07. The Kier molecular flexibility index (Phi) is 3.53. The van der Waals surface area contributed by atoms with Crippen LogP contribution in [0.3, 0.4) is 0 Å². The third-order valence-corrected chi connectivity index (χ3v) is 5.74. The van der Waals surface area contributed by atoms with Crippen LogP contribution in [-0.4, -0.2) is 13.1 Å². The summed E-state index contributed by atoms with van der Waals surface area (Å²) >= 11 is 1.82. The van der Waals surface area contributed by atoms with Gasteiger partial charge in [-0.25, -0.2) is 0 Å². The Morgan fingerprint density at radius 1 is 1.41 bits per heavy atom. The topological polar surface area (TPSA) is 12.0 Å². The molecule has 0 spiro atoms. The fourth-order valence-electron chi connectivity index (χ4n) is 4.12. The summed E-state index contributed by atoms with van der Waals surface area (Å²) in [6, 6.07) is 3.03. The number of hydrogen-bond donors (Lipinski definition) is 1. The van der Waals surface area contributed by atoms with Gasteiger partial charge in [0.05, 0.1) is 0 Å². The van der Waals surface area contributed by atoms with Gasteiger partial charge in [0.1, 0.15) is 0 Å². The molecule has 1 heterocycles. The third-order valence-electron chi connectivity index (χ3n) is 5.00. The molecule has 0 aromatic carbocycles. The summed E-state index contributed by atoms with van der Waals surface area (Å²) in [5, 5.41) is 8.09. The quantitative estimate of drug-likeness (QED) is 0.839. The van der Waals surface area contributed by atoms with Gasteiger partial charge >= 0.3 is 0 Å². The van der Waals surface area contributed by atoms with E-state index in [0.29, 0.717) is 0 Å². The van der Waals surface area contributed by atoms with Crippen LogP contribution in [0.5, 0.6) is 0 Å². The number of nitrogens with one attached hydrogen (secondary N) is 1. The summed E-state index contributed by atoms with van der Waals surface area (Å²) in [5.41, 5.74) is 1.53. The highest BCUT2D eigenvalue weighted by atomic mass is 32.1. The fourth-order valence-corrected chi connectivity index (χ4v) is 4.82. The van der Waals surface area contributed by atoms with Crippen molar-refractivity contribution in [1.29, 1.82) is 0 Å². The van der Waals surface area contributed by atoms with Gasteiger partial charge in [-0.15, -0.1) is 0 Å². The molecule has 2 bridgehead atoms. The Bertz CT molecular complexity index is 346. The van der Waals surface area contributed by atoms with Gasteiger partial charge in [0, 0.05) is 6.04 Å². The minimum atomic E-state index is 0.755. The van der Waals surface area contributed by atoms with Crippen molar-refractivity contribution >= 4 is 11.3 Å². The number of aryl methyl sites for hydroxylation is 1. The lowest BCUT2D eigenvalue weighted by Crippen LogP contribution is -2.36. The highest BCUT2D eigenvalue weighted by molar-refractivity contribution is 7.07. The SMILES string of the molecule is CNC(CCc1ccsc1)C1CC2CCC1C2. The molecule has 0 aliphatic heterocycles. The van der Waals surface area contributed by atoms with Gasteiger partial charge in [-0.1, -0.05) is 6.42 Å². The van der Waals surface area contributed by atoms with Crippen LogP contribution in [0.25, 0.3) is 0 Å². The van der Waals surface area contributed by atoms with E-state index in [4.69, 9.17) is 0 Å². The Labute approximate surface area is 109 Å². The van der Waals surface area contributed by atoms with E-state index in [1.807, 2.05) is 11.3 Å². The first kappa shape index (κ1) is 11.7. The largest absolute Gasteiger partial charge is 0.317 e. The van der Waals surface area contributed by atoms with Crippen molar-refractivity contribution in [3.63, 3.8) is 0 Å². The predicted octanol–water partition coefficient (Wildman–Crippen LogP) is 3.70. The van der Waals surface area contributed by atoms with Crippen LogP contribution >= 0.6 is 11.3 Å². The van der Waals surface area contributed by atoms with E-state index in [2.05, 4.69) is 29.2 Å². The maximum Gasteiger partial charge on any atom is 0.00982 e. The highest BCUT2D eigenvalue weighted by Crippen LogP contribution is 2.50. The molecule has 1 N–H and O–H groups in total. The second-order valence-electron chi connectivity index (χ2n) is 5.90.